The molecule has 0 saturated carbocycles. The third-order valence-corrected chi connectivity index (χ3v) is 6.62. The summed E-state index contributed by atoms with van der Waals surface area (Å²) in [5.41, 5.74) is 4.38. The maximum Gasteiger partial charge on any atom is 0.143 e. The van der Waals surface area contributed by atoms with Crippen LogP contribution in [0.2, 0.25) is 0 Å². The number of fused-ring (bicyclic) bond motifs is 2. The Bertz CT molecular complexity index is 1070. The number of benzene rings is 3. The summed E-state index contributed by atoms with van der Waals surface area (Å²) in [6, 6.07) is 21.9. The number of anilines is 2. The normalized spacial score (nSPS) is 17.9. The van der Waals surface area contributed by atoms with Crippen LogP contribution in [0.4, 0.5) is 15.8 Å². The Labute approximate surface area is 189 Å². The van der Waals surface area contributed by atoms with E-state index in [4.69, 9.17) is 9.47 Å². The molecule has 0 N–H and O–H groups in total. The number of methoxy groups -OCH3 is 1. The number of halogens is 1. The zero-order chi connectivity index (χ0) is 21.9. The lowest BCUT2D eigenvalue weighted by Gasteiger charge is -2.32. The fourth-order valence-corrected chi connectivity index (χ4v) is 4.87. The monoisotopic (exact) mass is 432 g/mol. The fraction of sp³-hybridized carbons (Fsp3) is 0.333. The molecule has 2 heterocycles. The summed E-state index contributed by atoms with van der Waals surface area (Å²) in [6.45, 7) is 3.43. The van der Waals surface area contributed by atoms with Gasteiger partial charge in [-0.05, 0) is 61.7 Å². The van der Waals surface area contributed by atoms with Crippen LogP contribution >= 0.6 is 0 Å². The molecule has 0 spiro atoms. The molecule has 5 heteroatoms. The molecule has 0 bridgehead atoms. The molecular formula is C27H29FN2O2. The van der Waals surface area contributed by atoms with E-state index in [0.717, 1.165) is 60.9 Å². The molecule has 166 valence electrons. The van der Waals surface area contributed by atoms with Gasteiger partial charge in [-0.25, -0.2) is 4.39 Å². The summed E-state index contributed by atoms with van der Waals surface area (Å²) in [7, 11) is 1.69. The van der Waals surface area contributed by atoms with Crippen molar-refractivity contribution in [2.24, 2.45) is 0 Å². The number of likely N-dealkylation sites (tertiary alicyclic amines) is 1. The van der Waals surface area contributed by atoms with Crippen LogP contribution in [-0.2, 0) is 13.0 Å². The average Bonchev–Trinajstić information content (AvgIpc) is 3.21. The molecule has 1 atom stereocenters. The van der Waals surface area contributed by atoms with Gasteiger partial charge in [0, 0.05) is 36.4 Å². The van der Waals surface area contributed by atoms with E-state index in [0.29, 0.717) is 12.6 Å². The summed E-state index contributed by atoms with van der Waals surface area (Å²) in [4.78, 5) is 4.84. The molecule has 0 aliphatic carbocycles. The van der Waals surface area contributed by atoms with Crippen LogP contribution in [0.1, 0.15) is 24.0 Å². The highest BCUT2D eigenvalue weighted by molar-refractivity contribution is 5.73. The quantitative estimate of drug-likeness (QED) is 0.508. The second-order valence-electron chi connectivity index (χ2n) is 8.57. The van der Waals surface area contributed by atoms with Gasteiger partial charge in [0.25, 0.3) is 0 Å². The van der Waals surface area contributed by atoms with Gasteiger partial charge in [-0.15, -0.1) is 0 Å². The van der Waals surface area contributed by atoms with E-state index in [1.54, 1.807) is 19.2 Å². The minimum Gasteiger partial charge on any atom is -0.497 e. The van der Waals surface area contributed by atoms with Gasteiger partial charge in [-0.1, -0.05) is 30.3 Å². The molecule has 0 unspecified atom stereocenters. The summed E-state index contributed by atoms with van der Waals surface area (Å²) >= 11 is 0. The molecule has 0 radical (unpaired) electrons. The number of hydrogen-bond donors (Lipinski definition) is 0. The molecule has 2 aliphatic heterocycles. The van der Waals surface area contributed by atoms with Crippen molar-refractivity contribution in [1.82, 2.24) is 4.90 Å². The van der Waals surface area contributed by atoms with E-state index in [1.165, 1.54) is 18.1 Å². The Kier molecular flexibility index (Phi) is 5.99. The Morgan fingerprint density at radius 2 is 1.88 bits per heavy atom. The van der Waals surface area contributed by atoms with E-state index < -0.39 is 0 Å². The first-order chi connectivity index (χ1) is 15.7. The van der Waals surface area contributed by atoms with Gasteiger partial charge in [0.15, 0.2) is 0 Å². The molecule has 3 aromatic rings. The first-order valence-corrected chi connectivity index (χ1v) is 11.4. The number of nitrogens with zero attached hydrogens (tertiary/aromatic N) is 2. The van der Waals surface area contributed by atoms with Crippen molar-refractivity contribution in [2.45, 2.75) is 31.9 Å². The van der Waals surface area contributed by atoms with Gasteiger partial charge < -0.3 is 14.4 Å². The van der Waals surface area contributed by atoms with Crippen molar-refractivity contribution in [2.75, 3.05) is 31.6 Å². The Morgan fingerprint density at radius 1 is 1.03 bits per heavy atom. The van der Waals surface area contributed by atoms with Crippen LogP contribution in [-0.4, -0.2) is 37.7 Å². The number of para-hydroxylation sites is 1. The fourth-order valence-electron chi connectivity index (χ4n) is 4.87. The standard InChI is InChI=1S/C27H29FN2O2/c1-31-24-11-8-20(9-12-24)14-16-29-15-4-6-23(29)18-30-25-7-3-2-5-21(25)19-32-27-13-10-22(28)17-26(27)30/h2-3,5,7-13,17,23H,4,6,14-16,18-19H2,1H3/t23-/m1/s1. The van der Waals surface area contributed by atoms with E-state index in [1.807, 2.05) is 24.3 Å². The van der Waals surface area contributed by atoms with Gasteiger partial charge in [0.2, 0.25) is 0 Å². The molecule has 2 aliphatic rings. The topological polar surface area (TPSA) is 24.9 Å². The van der Waals surface area contributed by atoms with E-state index in [-0.39, 0.29) is 5.82 Å². The average molecular weight is 433 g/mol. The van der Waals surface area contributed by atoms with Crippen molar-refractivity contribution in [3.05, 3.63) is 83.7 Å². The van der Waals surface area contributed by atoms with E-state index in [2.05, 4.69) is 34.1 Å². The zero-order valence-electron chi connectivity index (χ0n) is 18.5. The second kappa shape index (κ2) is 9.21. The van der Waals surface area contributed by atoms with E-state index >= 15 is 0 Å². The number of rotatable bonds is 6. The van der Waals surface area contributed by atoms with Crippen LogP contribution in [0.15, 0.2) is 66.7 Å². The summed E-state index contributed by atoms with van der Waals surface area (Å²) in [6.07, 6.45) is 3.34. The van der Waals surface area contributed by atoms with Gasteiger partial charge in [0.05, 0.1) is 12.8 Å². The summed E-state index contributed by atoms with van der Waals surface area (Å²) in [5, 5.41) is 0. The lowest BCUT2D eigenvalue weighted by molar-refractivity contribution is 0.261. The number of ether oxygens (including phenoxy) is 2. The van der Waals surface area contributed by atoms with Crippen molar-refractivity contribution in [3.63, 3.8) is 0 Å². The predicted octanol–water partition coefficient (Wildman–Crippen LogP) is 5.57. The van der Waals surface area contributed by atoms with Crippen molar-refractivity contribution in [1.29, 1.82) is 0 Å². The predicted molar refractivity (Wildman–Crippen MR) is 125 cm³/mol. The molecular weight excluding hydrogens is 403 g/mol. The molecule has 1 saturated heterocycles. The minimum absolute atomic E-state index is 0.237. The highest BCUT2D eigenvalue weighted by Gasteiger charge is 2.30. The smallest absolute Gasteiger partial charge is 0.143 e. The zero-order valence-corrected chi connectivity index (χ0v) is 18.5. The third-order valence-electron chi connectivity index (χ3n) is 6.62. The highest BCUT2D eigenvalue weighted by atomic mass is 19.1. The molecule has 1 fully saturated rings. The van der Waals surface area contributed by atoms with Crippen LogP contribution in [0, 0.1) is 5.82 Å². The first-order valence-electron chi connectivity index (χ1n) is 11.4. The van der Waals surface area contributed by atoms with Crippen LogP contribution in [0.5, 0.6) is 11.5 Å². The van der Waals surface area contributed by atoms with E-state index in [9.17, 15) is 4.39 Å². The van der Waals surface area contributed by atoms with Gasteiger partial charge in [-0.3, -0.25) is 4.90 Å². The Balaban J connectivity index is 1.36. The van der Waals surface area contributed by atoms with Crippen molar-refractivity contribution >= 4 is 11.4 Å². The molecule has 4 nitrogen and oxygen atoms in total. The highest BCUT2D eigenvalue weighted by Crippen LogP contribution is 2.40. The van der Waals surface area contributed by atoms with Crippen molar-refractivity contribution < 1.29 is 13.9 Å². The van der Waals surface area contributed by atoms with Crippen molar-refractivity contribution in [3.8, 4) is 11.5 Å². The summed E-state index contributed by atoms with van der Waals surface area (Å²) < 4.78 is 25.5. The maximum atomic E-state index is 14.2. The lowest BCUT2D eigenvalue weighted by Crippen LogP contribution is -2.39. The lowest BCUT2D eigenvalue weighted by atomic mass is 10.1. The summed E-state index contributed by atoms with van der Waals surface area (Å²) in [5.74, 6) is 1.39. The molecule has 5 rings (SSSR count). The largest absolute Gasteiger partial charge is 0.497 e. The number of hydrogen-bond acceptors (Lipinski definition) is 4. The third kappa shape index (κ3) is 4.30. The van der Waals surface area contributed by atoms with Gasteiger partial charge in [0.1, 0.15) is 23.9 Å². The van der Waals surface area contributed by atoms with Crippen LogP contribution < -0.4 is 14.4 Å². The van der Waals surface area contributed by atoms with Gasteiger partial charge in [-0.2, -0.15) is 0 Å². The van der Waals surface area contributed by atoms with Gasteiger partial charge >= 0.3 is 0 Å². The Hall–Kier alpha value is -3.05. The molecule has 32 heavy (non-hydrogen) atoms. The molecule has 3 aromatic carbocycles. The first kappa shape index (κ1) is 20.8. The van der Waals surface area contributed by atoms with Crippen LogP contribution in [0.3, 0.4) is 0 Å². The molecule has 0 amide bonds. The minimum atomic E-state index is -0.237. The Morgan fingerprint density at radius 3 is 2.72 bits per heavy atom. The molecule has 0 aromatic heterocycles. The second-order valence-corrected chi connectivity index (χ2v) is 8.57. The van der Waals surface area contributed by atoms with Crippen LogP contribution in [0.25, 0.3) is 0 Å². The SMILES string of the molecule is COc1ccc(CCN2CCC[C@@H]2CN2c3ccccc3COc3ccc(F)cc32)cc1. The maximum absolute atomic E-state index is 14.2.